The fraction of sp³-hybridized carbons (Fsp3) is 0.429. The highest BCUT2D eigenvalue weighted by Crippen LogP contribution is 2.12. The Hall–Kier alpha value is -2.48. The normalized spacial score (nSPS) is 10.0. The van der Waals surface area contributed by atoms with Crippen LogP contribution in [0.5, 0.6) is 0 Å². The van der Waals surface area contributed by atoms with Crippen molar-refractivity contribution in [3.05, 3.63) is 39.9 Å². The van der Waals surface area contributed by atoms with E-state index in [0.29, 0.717) is 26.2 Å². The van der Waals surface area contributed by atoms with Crippen LogP contribution in [-0.4, -0.2) is 43.0 Å². The number of rotatable bonds is 9. The van der Waals surface area contributed by atoms with E-state index in [2.05, 4.69) is 10.6 Å². The van der Waals surface area contributed by atoms with E-state index in [1.165, 1.54) is 18.2 Å². The maximum Gasteiger partial charge on any atom is 0.270 e. The number of nitro benzene ring substituents is 1. The highest BCUT2D eigenvalue weighted by molar-refractivity contribution is 5.96. The number of carbonyl (C=O) groups is 2. The fourth-order valence-corrected chi connectivity index (χ4v) is 1.63. The fourth-order valence-electron chi connectivity index (χ4n) is 1.63. The molecule has 0 aliphatic heterocycles. The summed E-state index contributed by atoms with van der Waals surface area (Å²) in [5.41, 5.74) is -0.0358. The van der Waals surface area contributed by atoms with Crippen molar-refractivity contribution < 1.29 is 19.2 Å². The summed E-state index contributed by atoms with van der Waals surface area (Å²) >= 11 is 0. The summed E-state index contributed by atoms with van der Waals surface area (Å²) in [5.74, 6) is -0.858. The number of carbonyl (C=O) groups excluding carboxylic acids is 2. The maximum atomic E-state index is 11.8. The molecule has 0 atom stereocenters. The second-order valence-electron chi connectivity index (χ2n) is 4.39. The quantitative estimate of drug-likeness (QED) is 0.399. The third kappa shape index (κ3) is 6.31. The molecule has 0 fully saturated rings. The monoisotopic (exact) mass is 309 g/mol. The van der Waals surface area contributed by atoms with Crippen LogP contribution in [0.3, 0.4) is 0 Å². The number of nitro groups is 1. The zero-order valence-corrected chi connectivity index (χ0v) is 12.3. The number of ether oxygens (including phenoxy) is 1. The van der Waals surface area contributed by atoms with Gasteiger partial charge >= 0.3 is 0 Å². The minimum Gasteiger partial charge on any atom is -0.382 e. The molecule has 22 heavy (non-hydrogen) atoms. The average molecular weight is 309 g/mol. The SMILES string of the molecule is CCOCCCNC(=O)CNC(=O)c1cccc([N+](=O)[O-])c1. The predicted octanol–water partition coefficient (Wildman–Crippen LogP) is 0.867. The summed E-state index contributed by atoms with van der Waals surface area (Å²) in [6.07, 6.45) is 0.693. The number of non-ortho nitro benzene ring substituents is 1. The van der Waals surface area contributed by atoms with Gasteiger partial charge in [0.1, 0.15) is 0 Å². The maximum absolute atomic E-state index is 11.8. The van der Waals surface area contributed by atoms with Gasteiger partial charge < -0.3 is 15.4 Å². The summed E-state index contributed by atoms with van der Waals surface area (Å²) in [4.78, 5) is 33.4. The van der Waals surface area contributed by atoms with Gasteiger partial charge in [0.25, 0.3) is 11.6 Å². The summed E-state index contributed by atoms with van der Waals surface area (Å²) in [5, 5.41) is 15.7. The van der Waals surface area contributed by atoms with Gasteiger partial charge in [-0.25, -0.2) is 0 Å². The molecule has 2 amide bonds. The Morgan fingerprint density at radius 3 is 2.77 bits per heavy atom. The van der Waals surface area contributed by atoms with Crippen LogP contribution in [-0.2, 0) is 9.53 Å². The molecule has 1 aromatic carbocycles. The topological polar surface area (TPSA) is 111 Å². The lowest BCUT2D eigenvalue weighted by Gasteiger charge is -2.07. The highest BCUT2D eigenvalue weighted by Gasteiger charge is 2.12. The molecule has 2 N–H and O–H groups in total. The number of hydrogen-bond acceptors (Lipinski definition) is 5. The third-order valence-corrected chi connectivity index (χ3v) is 2.72. The first-order valence-corrected chi connectivity index (χ1v) is 6.91. The Balaban J connectivity index is 2.34. The molecule has 0 aromatic heterocycles. The zero-order valence-electron chi connectivity index (χ0n) is 12.3. The van der Waals surface area contributed by atoms with Crippen molar-refractivity contribution in [1.82, 2.24) is 10.6 Å². The van der Waals surface area contributed by atoms with Crippen molar-refractivity contribution in [1.29, 1.82) is 0 Å². The molecule has 0 unspecified atom stereocenters. The van der Waals surface area contributed by atoms with E-state index >= 15 is 0 Å². The Morgan fingerprint density at radius 1 is 1.32 bits per heavy atom. The van der Waals surface area contributed by atoms with Gasteiger partial charge in [-0.3, -0.25) is 19.7 Å². The van der Waals surface area contributed by atoms with E-state index in [1.807, 2.05) is 6.92 Å². The van der Waals surface area contributed by atoms with Gasteiger partial charge in [-0.2, -0.15) is 0 Å². The summed E-state index contributed by atoms with van der Waals surface area (Å²) < 4.78 is 5.13. The molecular formula is C14H19N3O5. The molecule has 0 bridgehead atoms. The van der Waals surface area contributed by atoms with E-state index in [-0.39, 0.29) is 23.7 Å². The number of benzene rings is 1. The largest absolute Gasteiger partial charge is 0.382 e. The van der Waals surface area contributed by atoms with Crippen molar-refractivity contribution in [3.63, 3.8) is 0 Å². The van der Waals surface area contributed by atoms with Gasteiger partial charge in [-0.05, 0) is 19.4 Å². The Labute approximate surface area is 128 Å². The van der Waals surface area contributed by atoms with Gasteiger partial charge in [0, 0.05) is 37.5 Å². The van der Waals surface area contributed by atoms with Gasteiger partial charge in [-0.15, -0.1) is 0 Å². The second kappa shape index (κ2) is 9.46. The molecule has 0 saturated carbocycles. The van der Waals surface area contributed by atoms with Gasteiger partial charge in [0.15, 0.2) is 0 Å². The summed E-state index contributed by atoms with van der Waals surface area (Å²) in [6, 6.07) is 5.32. The average Bonchev–Trinajstić information content (AvgIpc) is 2.52. The Morgan fingerprint density at radius 2 is 2.09 bits per heavy atom. The van der Waals surface area contributed by atoms with Crippen LogP contribution in [0.25, 0.3) is 0 Å². The first-order valence-electron chi connectivity index (χ1n) is 6.91. The molecule has 0 spiro atoms. The van der Waals surface area contributed by atoms with Crippen LogP contribution < -0.4 is 10.6 Å². The molecule has 120 valence electrons. The lowest BCUT2D eigenvalue weighted by molar-refractivity contribution is -0.384. The molecule has 1 aromatic rings. The van der Waals surface area contributed by atoms with Crippen LogP contribution >= 0.6 is 0 Å². The van der Waals surface area contributed by atoms with Gasteiger partial charge in [0.2, 0.25) is 5.91 Å². The standard InChI is InChI=1S/C14H19N3O5/c1-2-22-8-4-7-15-13(18)10-16-14(19)11-5-3-6-12(9-11)17(20)21/h3,5-6,9H,2,4,7-8,10H2,1H3,(H,15,18)(H,16,19). The van der Waals surface area contributed by atoms with E-state index in [4.69, 9.17) is 4.74 Å². The second-order valence-corrected chi connectivity index (χ2v) is 4.39. The molecular weight excluding hydrogens is 290 g/mol. The Kier molecular flexibility index (Phi) is 7.55. The molecule has 8 heteroatoms. The molecule has 1 rings (SSSR count). The highest BCUT2D eigenvalue weighted by atomic mass is 16.6. The molecule has 0 aliphatic rings. The molecule has 8 nitrogen and oxygen atoms in total. The van der Waals surface area contributed by atoms with Crippen molar-refractivity contribution in [2.45, 2.75) is 13.3 Å². The first kappa shape index (κ1) is 17.6. The lowest BCUT2D eigenvalue weighted by Crippen LogP contribution is -2.37. The van der Waals surface area contributed by atoms with Crippen molar-refractivity contribution in [3.8, 4) is 0 Å². The van der Waals surface area contributed by atoms with Gasteiger partial charge in [0.05, 0.1) is 11.5 Å². The number of nitrogens with zero attached hydrogens (tertiary/aromatic N) is 1. The molecule has 0 heterocycles. The predicted molar refractivity (Wildman–Crippen MR) is 79.5 cm³/mol. The number of nitrogens with one attached hydrogen (secondary N) is 2. The number of amides is 2. The van der Waals surface area contributed by atoms with Crippen LogP contribution in [0.15, 0.2) is 24.3 Å². The van der Waals surface area contributed by atoms with E-state index in [1.54, 1.807) is 0 Å². The minimum atomic E-state index is -0.581. The first-order chi connectivity index (χ1) is 10.5. The smallest absolute Gasteiger partial charge is 0.270 e. The Bertz CT molecular complexity index is 533. The molecule has 0 aliphatic carbocycles. The van der Waals surface area contributed by atoms with Crippen LogP contribution in [0.2, 0.25) is 0 Å². The number of hydrogen-bond donors (Lipinski definition) is 2. The summed E-state index contributed by atoms with van der Waals surface area (Å²) in [7, 11) is 0. The van der Waals surface area contributed by atoms with Crippen LogP contribution in [0, 0.1) is 10.1 Å². The lowest BCUT2D eigenvalue weighted by atomic mass is 10.2. The van der Waals surface area contributed by atoms with Crippen LogP contribution in [0.4, 0.5) is 5.69 Å². The van der Waals surface area contributed by atoms with Gasteiger partial charge in [-0.1, -0.05) is 6.07 Å². The zero-order chi connectivity index (χ0) is 16.4. The molecule has 0 radical (unpaired) electrons. The van der Waals surface area contributed by atoms with E-state index < -0.39 is 10.8 Å². The van der Waals surface area contributed by atoms with Crippen molar-refractivity contribution in [2.75, 3.05) is 26.3 Å². The summed E-state index contributed by atoms with van der Waals surface area (Å²) in [6.45, 7) is 3.37. The van der Waals surface area contributed by atoms with E-state index in [9.17, 15) is 19.7 Å². The molecule has 0 saturated heterocycles. The van der Waals surface area contributed by atoms with E-state index in [0.717, 1.165) is 6.07 Å². The third-order valence-electron chi connectivity index (χ3n) is 2.72. The van der Waals surface area contributed by atoms with Crippen molar-refractivity contribution in [2.24, 2.45) is 0 Å². The van der Waals surface area contributed by atoms with Crippen molar-refractivity contribution >= 4 is 17.5 Å². The van der Waals surface area contributed by atoms with Crippen LogP contribution in [0.1, 0.15) is 23.7 Å². The minimum absolute atomic E-state index is 0.137.